The Balaban J connectivity index is 0.00000456. The van der Waals surface area contributed by atoms with E-state index in [0.717, 1.165) is 17.6 Å². The Hall–Kier alpha value is -1.21. The van der Waals surface area contributed by atoms with E-state index in [2.05, 4.69) is 74.9 Å². The van der Waals surface area contributed by atoms with Crippen LogP contribution in [0.15, 0.2) is 30.3 Å². The number of rotatable bonds is 15. The molecule has 1 aliphatic carbocycles. The standard InChI is InChI=1S/C31H48N3S.HI/c1-6-7-8-9-10-11-12-13-14-15-16-17-18-19-25-22-28-31(24-29(25)34(4)5)35-30-23-26(33(2)3)20-21-27(30)32-28;/h20-24H,6-19H2,1-5H3;1H/q+1;/p-1. The number of benzene rings is 2. The Morgan fingerprint density at radius 1 is 0.778 bits per heavy atom. The summed E-state index contributed by atoms with van der Waals surface area (Å²) in [4.78, 5) is 8.45. The largest absolute Gasteiger partial charge is 1.00 e. The summed E-state index contributed by atoms with van der Waals surface area (Å²) in [5.74, 6) is 0. The maximum atomic E-state index is 5.03. The van der Waals surface area contributed by atoms with E-state index in [9.17, 15) is 0 Å². The lowest BCUT2D eigenvalue weighted by molar-refractivity contribution is -0.00000746. The van der Waals surface area contributed by atoms with Gasteiger partial charge < -0.3 is 28.9 Å². The molecule has 0 atom stereocenters. The number of nitrogens with zero attached hydrogens (tertiary/aromatic N) is 3. The minimum absolute atomic E-state index is 0. The molecule has 200 valence electrons. The van der Waals surface area contributed by atoms with Gasteiger partial charge in [0, 0.05) is 31.4 Å². The Bertz CT molecular complexity index is 1080. The molecule has 0 bridgehead atoms. The highest BCUT2D eigenvalue weighted by atomic mass is 127. The second-order valence-electron chi connectivity index (χ2n) is 10.6. The molecule has 1 heterocycles. The first kappa shape index (κ1) is 31.0. The van der Waals surface area contributed by atoms with Gasteiger partial charge in [0.2, 0.25) is 5.36 Å². The summed E-state index contributed by atoms with van der Waals surface area (Å²) in [7, 11) is 8.51. The van der Waals surface area contributed by atoms with E-state index < -0.39 is 0 Å². The van der Waals surface area contributed by atoms with E-state index >= 15 is 0 Å². The highest BCUT2D eigenvalue weighted by molar-refractivity contribution is 7.21. The normalized spacial score (nSPS) is 11.1. The second-order valence-corrected chi connectivity index (χ2v) is 11.7. The Morgan fingerprint density at radius 2 is 1.36 bits per heavy atom. The van der Waals surface area contributed by atoms with Gasteiger partial charge in [0.15, 0.2) is 0 Å². The van der Waals surface area contributed by atoms with Gasteiger partial charge in [-0.2, -0.15) is 0 Å². The van der Waals surface area contributed by atoms with Crippen molar-refractivity contribution in [2.45, 2.75) is 96.8 Å². The zero-order valence-electron chi connectivity index (χ0n) is 23.4. The number of hydrogen-bond acceptors (Lipinski definition) is 3. The van der Waals surface area contributed by atoms with Crippen molar-refractivity contribution in [3.63, 3.8) is 0 Å². The molecule has 1 aromatic carbocycles. The summed E-state index contributed by atoms with van der Waals surface area (Å²) in [5, 5.41) is 1.35. The molecule has 3 rings (SSSR count). The molecular weight excluding hydrogens is 573 g/mol. The molecule has 0 saturated heterocycles. The molecule has 0 aromatic heterocycles. The van der Waals surface area contributed by atoms with E-state index in [-0.39, 0.29) is 24.0 Å². The van der Waals surface area contributed by atoms with Gasteiger partial charge in [-0.05, 0) is 37.1 Å². The van der Waals surface area contributed by atoms with Crippen molar-refractivity contribution in [2.75, 3.05) is 33.1 Å². The smallest absolute Gasteiger partial charge is 0.204 e. The van der Waals surface area contributed by atoms with Crippen LogP contribution in [0.1, 0.15) is 96.0 Å². The van der Waals surface area contributed by atoms with Crippen LogP contribution in [0.4, 0.5) is 5.69 Å². The number of hydrogen-bond donors (Lipinski definition) is 0. The lowest BCUT2D eigenvalue weighted by Crippen LogP contribution is -3.00. The van der Waals surface area contributed by atoms with Crippen LogP contribution < -0.4 is 38.8 Å². The van der Waals surface area contributed by atoms with Crippen LogP contribution in [-0.2, 0) is 6.42 Å². The summed E-state index contributed by atoms with van der Waals surface area (Å²) in [5.41, 5.74) is 4.89. The Labute approximate surface area is 241 Å². The molecule has 0 fully saturated rings. The van der Waals surface area contributed by atoms with Crippen molar-refractivity contribution in [3.05, 3.63) is 41.3 Å². The van der Waals surface area contributed by atoms with E-state index in [0.29, 0.717) is 0 Å². The highest BCUT2D eigenvalue weighted by Crippen LogP contribution is 2.32. The average molecular weight is 622 g/mol. The van der Waals surface area contributed by atoms with Gasteiger partial charge >= 0.3 is 0 Å². The topological polar surface area (TPSA) is 19.1 Å². The molecule has 0 N–H and O–H groups in total. The monoisotopic (exact) mass is 621 g/mol. The van der Waals surface area contributed by atoms with Crippen LogP contribution in [0.3, 0.4) is 0 Å². The predicted molar refractivity (Wildman–Crippen MR) is 157 cm³/mol. The first-order valence-electron chi connectivity index (χ1n) is 14.0. The number of aromatic nitrogens is 1. The first-order valence-corrected chi connectivity index (χ1v) is 14.9. The van der Waals surface area contributed by atoms with Crippen molar-refractivity contribution in [3.8, 4) is 10.6 Å². The van der Waals surface area contributed by atoms with Crippen molar-refractivity contribution in [1.82, 2.24) is 9.56 Å². The molecule has 1 aliphatic heterocycles. The third-order valence-electron chi connectivity index (χ3n) is 7.11. The fourth-order valence-corrected chi connectivity index (χ4v) is 5.94. The number of anilines is 1. The lowest BCUT2D eigenvalue weighted by atomic mass is 10.0. The van der Waals surface area contributed by atoms with Gasteiger partial charge in [0.25, 0.3) is 0 Å². The number of fused-ring (bicyclic) bond motifs is 2. The van der Waals surface area contributed by atoms with Crippen LogP contribution in [0.2, 0.25) is 0 Å². The highest BCUT2D eigenvalue weighted by Gasteiger charge is 2.14. The van der Waals surface area contributed by atoms with Gasteiger partial charge in [-0.3, -0.25) is 0 Å². The van der Waals surface area contributed by atoms with Crippen LogP contribution in [0.5, 0.6) is 0 Å². The molecular formula is C31H48IN3S. The first-order chi connectivity index (χ1) is 17.0. The lowest BCUT2D eigenvalue weighted by Gasteiger charge is -2.14. The van der Waals surface area contributed by atoms with Gasteiger partial charge in [0.05, 0.1) is 20.8 Å². The molecule has 5 heteroatoms. The molecule has 1 aromatic rings. The molecule has 2 aliphatic rings. The molecule has 0 spiro atoms. The predicted octanol–water partition coefficient (Wildman–Crippen LogP) is 5.14. The van der Waals surface area contributed by atoms with E-state index in [1.807, 2.05) is 11.3 Å². The molecule has 3 nitrogen and oxygen atoms in total. The summed E-state index contributed by atoms with van der Waals surface area (Å²) in [6, 6.07) is 11.3. The van der Waals surface area contributed by atoms with Crippen LogP contribution in [0.25, 0.3) is 20.8 Å². The van der Waals surface area contributed by atoms with Crippen LogP contribution in [-0.4, -0.2) is 33.2 Å². The fourth-order valence-electron chi connectivity index (χ4n) is 4.92. The van der Waals surface area contributed by atoms with Crippen molar-refractivity contribution < 1.29 is 24.0 Å². The zero-order chi connectivity index (χ0) is 25.0. The molecule has 0 amide bonds. The minimum atomic E-state index is 0. The van der Waals surface area contributed by atoms with Gasteiger partial charge in [-0.15, -0.1) is 11.3 Å². The average Bonchev–Trinajstić information content (AvgIpc) is 2.84. The Morgan fingerprint density at radius 3 is 1.92 bits per heavy atom. The van der Waals surface area contributed by atoms with Gasteiger partial charge in [-0.1, -0.05) is 84.0 Å². The number of unbranched alkanes of at least 4 members (excludes halogenated alkanes) is 12. The number of halogens is 1. The van der Waals surface area contributed by atoms with Crippen molar-refractivity contribution >= 4 is 27.2 Å². The second kappa shape index (κ2) is 16.6. The molecule has 36 heavy (non-hydrogen) atoms. The minimum Gasteiger partial charge on any atom is -1.00 e. The van der Waals surface area contributed by atoms with E-state index in [1.165, 1.54) is 110 Å². The molecule has 0 radical (unpaired) electrons. The summed E-state index contributed by atoms with van der Waals surface area (Å²) in [6.45, 7) is 2.29. The molecule has 0 saturated carbocycles. The summed E-state index contributed by atoms with van der Waals surface area (Å²) >= 11 is 1.85. The Kier molecular flexibility index (Phi) is 14.3. The third kappa shape index (κ3) is 9.59. The van der Waals surface area contributed by atoms with Crippen LogP contribution in [0, 0.1) is 0 Å². The van der Waals surface area contributed by atoms with Gasteiger partial charge in [-0.25, -0.2) is 9.56 Å². The van der Waals surface area contributed by atoms with E-state index in [1.54, 1.807) is 0 Å². The maximum absolute atomic E-state index is 5.03. The summed E-state index contributed by atoms with van der Waals surface area (Å²) < 4.78 is 3.52. The van der Waals surface area contributed by atoms with Crippen molar-refractivity contribution in [2.24, 2.45) is 0 Å². The quantitative estimate of drug-likeness (QED) is 0.101. The SMILES string of the molecule is CCCCCCCCCCCCCCCc1cc2nc3ccc(N(C)C)cc3sc-2cc1=[N+](C)C.[I-]. The van der Waals surface area contributed by atoms with Gasteiger partial charge in [0.1, 0.15) is 14.1 Å². The van der Waals surface area contributed by atoms with E-state index in [4.69, 9.17) is 4.98 Å². The van der Waals surface area contributed by atoms with Crippen LogP contribution >= 0.6 is 11.3 Å². The summed E-state index contributed by atoms with van der Waals surface area (Å²) in [6.07, 6.45) is 19.4. The zero-order valence-corrected chi connectivity index (χ0v) is 26.4. The molecule has 0 unspecified atom stereocenters. The maximum Gasteiger partial charge on any atom is 0.204 e. The third-order valence-corrected chi connectivity index (χ3v) is 8.21. The fraction of sp³-hybridized carbons (Fsp3) is 0.613. The number of aryl methyl sites for hydroxylation is 1. The van der Waals surface area contributed by atoms with Crippen molar-refractivity contribution in [1.29, 1.82) is 0 Å².